The minimum atomic E-state index is 0.392. The first-order valence-corrected chi connectivity index (χ1v) is 11.5. The van der Waals surface area contributed by atoms with Gasteiger partial charge in [0.25, 0.3) is 0 Å². The Balaban J connectivity index is 1.64. The van der Waals surface area contributed by atoms with E-state index in [4.69, 9.17) is 0 Å². The molecule has 4 aliphatic rings. The Morgan fingerprint density at radius 2 is 1.88 bits per heavy atom. The highest BCUT2D eigenvalue weighted by Gasteiger charge is 2.57. The number of aliphatic hydroxyl groups is 1. The second-order valence-corrected chi connectivity index (χ2v) is 10.7. The van der Waals surface area contributed by atoms with Crippen LogP contribution in [0, 0.1) is 40.4 Å². The molecule has 4 rings (SSSR count). The van der Waals surface area contributed by atoms with Gasteiger partial charge in [0.15, 0.2) is 0 Å². The van der Waals surface area contributed by atoms with Crippen LogP contribution < -0.4 is 0 Å². The molecule has 0 amide bonds. The summed E-state index contributed by atoms with van der Waals surface area (Å²) in [6.45, 7) is 10.3. The first-order valence-electron chi connectivity index (χ1n) is 11.5. The largest absolute Gasteiger partial charge is 0.396 e. The second kappa shape index (κ2) is 6.80. The van der Waals surface area contributed by atoms with Gasteiger partial charge in [0.1, 0.15) is 0 Å². The summed E-state index contributed by atoms with van der Waals surface area (Å²) in [4.78, 5) is 0. The monoisotopic (exact) mass is 356 g/mol. The van der Waals surface area contributed by atoms with Crippen molar-refractivity contribution in [2.45, 2.75) is 85.5 Å². The van der Waals surface area contributed by atoms with Gasteiger partial charge in [-0.05, 0) is 91.8 Å². The fourth-order valence-corrected chi connectivity index (χ4v) is 7.79. The highest BCUT2D eigenvalue weighted by atomic mass is 16.3. The molecule has 3 fully saturated rings. The third-order valence-electron chi connectivity index (χ3n) is 9.35. The van der Waals surface area contributed by atoms with Crippen molar-refractivity contribution in [1.82, 2.24) is 0 Å². The normalized spacial score (nSPS) is 45.9. The van der Waals surface area contributed by atoms with Crippen LogP contribution in [-0.2, 0) is 0 Å². The van der Waals surface area contributed by atoms with Crippen LogP contribution in [0.1, 0.15) is 85.5 Å². The second-order valence-electron chi connectivity index (χ2n) is 10.7. The van der Waals surface area contributed by atoms with Crippen molar-refractivity contribution >= 4 is 0 Å². The first kappa shape index (κ1) is 18.8. The summed E-state index contributed by atoms with van der Waals surface area (Å²) in [6, 6.07) is 0. The molecule has 0 aromatic rings. The van der Waals surface area contributed by atoms with Gasteiger partial charge in [-0.3, -0.25) is 0 Å². The molecule has 0 radical (unpaired) electrons. The lowest BCUT2D eigenvalue weighted by Gasteiger charge is -2.55. The van der Waals surface area contributed by atoms with E-state index < -0.39 is 0 Å². The fourth-order valence-electron chi connectivity index (χ4n) is 7.79. The average Bonchev–Trinajstić information content (AvgIpc) is 2.97. The van der Waals surface area contributed by atoms with Crippen molar-refractivity contribution < 1.29 is 5.11 Å². The Labute approximate surface area is 161 Å². The molecule has 26 heavy (non-hydrogen) atoms. The van der Waals surface area contributed by atoms with E-state index in [0.29, 0.717) is 23.4 Å². The highest BCUT2D eigenvalue weighted by Crippen LogP contribution is 2.66. The van der Waals surface area contributed by atoms with E-state index in [-0.39, 0.29) is 0 Å². The summed E-state index contributed by atoms with van der Waals surface area (Å²) in [5, 5.41) is 10.1. The average molecular weight is 357 g/mol. The molecule has 0 unspecified atom stereocenters. The Morgan fingerprint density at radius 3 is 2.62 bits per heavy atom. The predicted molar refractivity (Wildman–Crippen MR) is 110 cm³/mol. The summed E-state index contributed by atoms with van der Waals surface area (Å²) in [6.07, 6.45) is 17.1. The van der Waals surface area contributed by atoms with Crippen LogP contribution in [0.4, 0.5) is 0 Å². The predicted octanol–water partition coefficient (Wildman–Crippen LogP) is 6.53. The number of allylic oxidation sites excluding steroid dienone is 4. The fraction of sp³-hybridized carbons (Fsp3) is 0.840. The van der Waals surface area contributed by atoms with Gasteiger partial charge in [0, 0.05) is 6.61 Å². The molecule has 0 aromatic carbocycles. The van der Waals surface area contributed by atoms with Gasteiger partial charge in [-0.1, -0.05) is 57.4 Å². The first-order chi connectivity index (χ1) is 12.4. The van der Waals surface area contributed by atoms with Crippen LogP contribution in [0.2, 0.25) is 0 Å². The zero-order valence-corrected chi connectivity index (χ0v) is 17.6. The lowest BCUT2D eigenvalue weighted by atomic mass is 9.49. The molecule has 7 atom stereocenters. The third-order valence-corrected chi connectivity index (χ3v) is 9.35. The maximum Gasteiger partial charge on any atom is 0.0462 e. The van der Waals surface area contributed by atoms with E-state index in [2.05, 4.69) is 39.8 Å². The molecule has 0 saturated heterocycles. The topological polar surface area (TPSA) is 20.2 Å². The number of aliphatic hydroxyl groups excluding tert-OH is 1. The maximum absolute atomic E-state index is 10.1. The highest BCUT2D eigenvalue weighted by molar-refractivity contribution is 5.38. The van der Waals surface area contributed by atoms with Crippen LogP contribution in [0.15, 0.2) is 23.3 Å². The van der Waals surface area contributed by atoms with Crippen molar-refractivity contribution in [3.63, 3.8) is 0 Å². The van der Waals surface area contributed by atoms with Crippen molar-refractivity contribution in [2.24, 2.45) is 40.4 Å². The van der Waals surface area contributed by atoms with Crippen LogP contribution in [0.5, 0.6) is 0 Å². The summed E-state index contributed by atoms with van der Waals surface area (Å²) in [5.74, 6) is 3.68. The molecular formula is C25H40O. The van der Waals surface area contributed by atoms with Gasteiger partial charge < -0.3 is 5.11 Å². The van der Waals surface area contributed by atoms with Crippen molar-refractivity contribution in [3.8, 4) is 0 Å². The molecule has 0 bridgehead atoms. The van der Waals surface area contributed by atoms with Crippen molar-refractivity contribution in [1.29, 1.82) is 0 Å². The van der Waals surface area contributed by atoms with E-state index in [9.17, 15) is 5.11 Å². The molecular weight excluding hydrogens is 316 g/mol. The molecule has 3 saturated carbocycles. The Hall–Kier alpha value is -0.560. The minimum absolute atomic E-state index is 0.392. The van der Waals surface area contributed by atoms with Gasteiger partial charge in [-0.15, -0.1) is 0 Å². The van der Waals surface area contributed by atoms with Gasteiger partial charge in [-0.2, -0.15) is 0 Å². The van der Waals surface area contributed by atoms with Crippen molar-refractivity contribution in [2.75, 3.05) is 6.61 Å². The zero-order chi connectivity index (χ0) is 18.5. The van der Waals surface area contributed by atoms with E-state index in [0.717, 1.165) is 23.7 Å². The molecule has 1 N–H and O–H groups in total. The SMILES string of the molecule is CCC[C@@H](CO)[C@H]1CC[C@H]2C3=CC=C4C[C@@H](C)CC[C@]4(C)[C@H]3CC[C@]12C. The third kappa shape index (κ3) is 2.67. The van der Waals surface area contributed by atoms with E-state index in [1.165, 1.54) is 57.8 Å². The smallest absolute Gasteiger partial charge is 0.0462 e. The van der Waals surface area contributed by atoms with E-state index in [1.54, 1.807) is 11.1 Å². The van der Waals surface area contributed by atoms with Gasteiger partial charge in [-0.25, -0.2) is 0 Å². The number of hydrogen-bond acceptors (Lipinski definition) is 1. The lowest BCUT2D eigenvalue weighted by molar-refractivity contribution is 0.0260. The number of hydrogen-bond donors (Lipinski definition) is 1. The van der Waals surface area contributed by atoms with E-state index >= 15 is 0 Å². The van der Waals surface area contributed by atoms with Gasteiger partial charge >= 0.3 is 0 Å². The molecule has 0 aliphatic heterocycles. The maximum atomic E-state index is 10.1. The van der Waals surface area contributed by atoms with Crippen molar-refractivity contribution in [3.05, 3.63) is 23.3 Å². The van der Waals surface area contributed by atoms with Gasteiger partial charge in [0.2, 0.25) is 0 Å². The minimum Gasteiger partial charge on any atom is -0.396 e. The van der Waals surface area contributed by atoms with Gasteiger partial charge in [0.05, 0.1) is 0 Å². The Morgan fingerprint density at radius 1 is 1.08 bits per heavy atom. The number of rotatable bonds is 4. The molecule has 1 nitrogen and oxygen atoms in total. The Bertz CT molecular complexity index is 601. The van der Waals surface area contributed by atoms with Crippen LogP contribution in [-0.4, -0.2) is 11.7 Å². The summed E-state index contributed by atoms with van der Waals surface area (Å²) in [7, 11) is 0. The van der Waals surface area contributed by atoms with Crippen LogP contribution in [0.25, 0.3) is 0 Å². The van der Waals surface area contributed by atoms with Crippen LogP contribution in [0.3, 0.4) is 0 Å². The van der Waals surface area contributed by atoms with E-state index in [1.807, 2.05) is 0 Å². The number of fused-ring (bicyclic) bond motifs is 5. The molecule has 1 heteroatoms. The zero-order valence-electron chi connectivity index (χ0n) is 17.6. The summed E-state index contributed by atoms with van der Waals surface area (Å²) in [5.41, 5.74) is 4.42. The summed E-state index contributed by atoms with van der Waals surface area (Å²) < 4.78 is 0. The quantitative estimate of drug-likeness (QED) is 0.607. The lowest BCUT2D eigenvalue weighted by Crippen LogP contribution is -2.46. The molecule has 0 spiro atoms. The molecule has 146 valence electrons. The summed E-state index contributed by atoms with van der Waals surface area (Å²) >= 11 is 0. The molecule has 0 heterocycles. The standard InChI is InChI=1S/C25H40O/c1-5-6-18(16-26)21-9-10-22-20-8-7-19-15-17(2)11-13-24(19,3)23(20)12-14-25(21,22)4/h7-8,17-18,21-23,26H,5-6,9-16H2,1-4H3/t17-,18-,21+,22-,23-,24-,25+/m0/s1. The molecule has 4 aliphatic carbocycles. The molecule has 0 aromatic heterocycles. The van der Waals surface area contributed by atoms with Crippen LogP contribution >= 0.6 is 0 Å². The Kier molecular flexibility index (Phi) is 4.91.